The van der Waals surface area contributed by atoms with Gasteiger partial charge in [-0.2, -0.15) is 0 Å². The minimum atomic E-state index is -2.08. The average Bonchev–Trinajstić information content (AvgIpc) is 2.88. The van der Waals surface area contributed by atoms with Crippen molar-refractivity contribution in [1.82, 2.24) is 0 Å². The second-order valence-electron chi connectivity index (χ2n) is 5.40. The van der Waals surface area contributed by atoms with Crippen molar-refractivity contribution in [3.05, 3.63) is 44.2 Å². The Balaban J connectivity index is 0.00000162. The summed E-state index contributed by atoms with van der Waals surface area (Å²) in [5.74, 6) is 0. The zero-order chi connectivity index (χ0) is 12.5. The van der Waals surface area contributed by atoms with Gasteiger partial charge in [-0.05, 0) is 0 Å². The average molecular weight is 351 g/mol. The van der Waals surface area contributed by atoms with Crippen LogP contribution in [0.5, 0.6) is 0 Å². The van der Waals surface area contributed by atoms with Gasteiger partial charge in [0.15, 0.2) is 0 Å². The fraction of sp³-hybridized carbons (Fsp3) is 0.400. The summed E-state index contributed by atoms with van der Waals surface area (Å²) in [4.78, 5) is 0. The van der Waals surface area contributed by atoms with Crippen LogP contribution in [0.2, 0.25) is 13.1 Å². The Morgan fingerprint density at radius 1 is 0.947 bits per heavy atom. The van der Waals surface area contributed by atoms with E-state index < -0.39 is 14.9 Å². The first-order valence-corrected chi connectivity index (χ1v) is 13.6. The van der Waals surface area contributed by atoms with Crippen LogP contribution in [0.3, 0.4) is 0 Å². The van der Waals surface area contributed by atoms with Crippen LogP contribution >= 0.6 is 24.8 Å². The Morgan fingerprint density at radius 2 is 1.37 bits per heavy atom. The standard InChI is InChI=1S/2C5H5.C3H6.C2H6Si.2ClH.Ti/c2*1-2-4-5-3-1;2*1-3-2;;;/h2*1-3H,4H2;2*1-2H3;2*1H;. The summed E-state index contributed by atoms with van der Waals surface area (Å²) < 4.78 is 5.37. The van der Waals surface area contributed by atoms with Gasteiger partial charge in [-0.15, -0.1) is 24.8 Å². The number of rotatable bonds is 2. The Hall–Kier alpha value is 0.341. The third kappa shape index (κ3) is 3.33. The van der Waals surface area contributed by atoms with Crippen molar-refractivity contribution in [3.8, 4) is 0 Å². The minimum Gasteiger partial charge on any atom is -0.147 e. The maximum absolute atomic E-state index is 2.54. The van der Waals surface area contributed by atoms with E-state index in [9.17, 15) is 0 Å². The van der Waals surface area contributed by atoms with Gasteiger partial charge in [-0.25, -0.2) is 0 Å². The summed E-state index contributed by atoms with van der Waals surface area (Å²) >= 11 is -2.08. The fourth-order valence-electron chi connectivity index (χ4n) is 3.44. The molecule has 0 spiro atoms. The molecule has 2 aliphatic rings. The molecule has 2 rings (SSSR count). The third-order valence-corrected chi connectivity index (χ3v) is 23.8. The van der Waals surface area contributed by atoms with Gasteiger partial charge in [-0.3, -0.25) is 0 Å². The molecular formula is C15H24Cl2SiTi. The molecule has 0 nitrogen and oxygen atoms in total. The predicted octanol–water partition coefficient (Wildman–Crippen LogP) is 5.13. The first kappa shape index (κ1) is 19.3. The molecule has 0 N–H and O–H groups in total. The summed E-state index contributed by atoms with van der Waals surface area (Å²) in [6.45, 7) is 9.87. The summed E-state index contributed by atoms with van der Waals surface area (Å²) in [5, 5.41) is 0. The predicted molar refractivity (Wildman–Crippen MR) is 92.0 cm³/mol. The van der Waals surface area contributed by atoms with Crippen LogP contribution in [0, 0.1) is 0 Å². The van der Waals surface area contributed by atoms with Crippen LogP contribution in [0.1, 0.15) is 26.7 Å². The second kappa shape index (κ2) is 7.95. The summed E-state index contributed by atoms with van der Waals surface area (Å²) in [6, 6.07) is 0. The van der Waals surface area contributed by atoms with E-state index in [-0.39, 0.29) is 31.0 Å². The largest absolute Gasteiger partial charge is 0.147 e. The number of hydrogen-bond donors (Lipinski definition) is 0. The SMILES string of the molecule is C[C](C)=[Ti]([C]1=CC=CC1)([C]1=CC=CC1)=[Si](C)C.Cl.Cl. The second-order valence-corrected chi connectivity index (χ2v) is 21.1. The monoisotopic (exact) mass is 350 g/mol. The van der Waals surface area contributed by atoms with Crippen LogP contribution in [-0.2, 0) is 14.9 Å². The summed E-state index contributed by atoms with van der Waals surface area (Å²) in [6.07, 6.45) is 16.3. The van der Waals surface area contributed by atoms with Crippen molar-refractivity contribution < 1.29 is 14.9 Å². The molecule has 0 fully saturated rings. The molecule has 0 aliphatic heterocycles. The zero-order valence-corrected chi connectivity index (χ0v) is 16.4. The van der Waals surface area contributed by atoms with E-state index in [1.54, 1.807) is 11.6 Å². The van der Waals surface area contributed by atoms with Crippen LogP contribution in [0.15, 0.2) is 44.2 Å². The molecular weight excluding hydrogens is 327 g/mol. The molecule has 0 bridgehead atoms. The molecule has 19 heavy (non-hydrogen) atoms. The molecule has 2 aliphatic carbocycles. The molecule has 0 radical (unpaired) electrons. The molecule has 0 atom stereocenters. The summed E-state index contributed by atoms with van der Waals surface area (Å²) in [5.41, 5.74) is 0. The van der Waals surface area contributed by atoms with E-state index in [1.807, 2.05) is 0 Å². The van der Waals surface area contributed by atoms with Crippen molar-refractivity contribution in [1.29, 1.82) is 0 Å². The summed E-state index contributed by atoms with van der Waals surface area (Å²) in [7, 11) is 0. The van der Waals surface area contributed by atoms with Gasteiger partial charge in [-0.1, -0.05) is 0 Å². The van der Waals surface area contributed by atoms with Gasteiger partial charge < -0.3 is 0 Å². The van der Waals surface area contributed by atoms with Crippen LogP contribution in [0.25, 0.3) is 0 Å². The van der Waals surface area contributed by atoms with Gasteiger partial charge in [0.05, 0.1) is 0 Å². The topological polar surface area (TPSA) is 0 Å². The van der Waals surface area contributed by atoms with Crippen LogP contribution in [-0.4, -0.2) is 10.00 Å². The number of hydrogen-bond acceptors (Lipinski definition) is 0. The molecule has 0 amide bonds. The van der Waals surface area contributed by atoms with E-state index in [2.05, 4.69) is 63.4 Å². The van der Waals surface area contributed by atoms with Gasteiger partial charge in [0.1, 0.15) is 0 Å². The molecule has 0 heterocycles. The molecule has 4 heteroatoms. The molecule has 0 aromatic rings. The van der Waals surface area contributed by atoms with E-state index in [0.717, 1.165) is 0 Å². The van der Waals surface area contributed by atoms with Crippen molar-refractivity contribution in [2.24, 2.45) is 0 Å². The van der Waals surface area contributed by atoms with Crippen molar-refractivity contribution >= 4 is 34.8 Å². The minimum absolute atomic E-state index is 0. The van der Waals surface area contributed by atoms with Gasteiger partial charge in [0, 0.05) is 0 Å². The molecule has 0 aromatic heterocycles. The third-order valence-electron chi connectivity index (χ3n) is 4.01. The Kier molecular flexibility index (Phi) is 8.09. The van der Waals surface area contributed by atoms with Crippen molar-refractivity contribution in [2.75, 3.05) is 0 Å². The van der Waals surface area contributed by atoms with Crippen molar-refractivity contribution in [3.63, 3.8) is 0 Å². The first-order chi connectivity index (χ1) is 8.10. The quantitative estimate of drug-likeness (QED) is 0.605. The number of halogens is 2. The fourth-order valence-corrected chi connectivity index (χ4v) is 23.0. The van der Waals surface area contributed by atoms with Crippen molar-refractivity contribution in [2.45, 2.75) is 39.8 Å². The molecule has 0 saturated heterocycles. The Bertz CT molecular complexity index is 519. The van der Waals surface area contributed by atoms with Gasteiger partial charge in [0.2, 0.25) is 0 Å². The molecule has 0 unspecified atom stereocenters. The van der Waals surface area contributed by atoms with E-state index in [0.29, 0.717) is 0 Å². The smallest absolute Gasteiger partial charge is 0.147 e. The van der Waals surface area contributed by atoms with E-state index >= 15 is 0 Å². The Morgan fingerprint density at radius 3 is 1.58 bits per heavy atom. The maximum atomic E-state index is 2.54. The van der Waals surface area contributed by atoms with Gasteiger partial charge >= 0.3 is 109 Å². The first-order valence-electron chi connectivity index (χ1n) is 6.43. The molecule has 0 aromatic carbocycles. The van der Waals surface area contributed by atoms with Crippen LogP contribution in [0.4, 0.5) is 0 Å². The number of allylic oxidation sites excluding steroid dienone is 8. The zero-order valence-electron chi connectivity index (χ0n) is 12.2. The normalized spacial score (nSPS) is 15.6. The maximum Gasteiger partial charge on any atom is -0.147 e. The van der Waals surface area contributed by atoms with Crippen LogP contribution < -0.4 is 0 Å². The molecule has 0 saturated carbocycles. The Labute approximate surface area is 133 Å². The van der Waals surface area contributed by atoms with Gasteiger partial charge in [0.25, 0.3) is 0 Å². The van der Waals surface area contributed by atoms with E-state index in [1.165, 1.54) is 12.8 Å². The molecule has 106 valence electrons. The van der Waals surface area contributed by atoms with E-state index in [4.69, 9.17) is 0 Å².